The molecule has 0 radical (unpaired) electrons. The first-order chi connectivity index (χ1) is 9.11. The van der Waals surface area contributed by atoms with E-state index in [1.54, 1.807) is 18.2 Å². The Morgan fingerprint density at radius 3 is 2.42 bits per heavy atom. The molecule has 1 aromatic carbocycles. The monoisotopic (exact) mass is 273 g/mol. The molecule has 0 saturated carbocycles. The third-order valence-electron chi connectivity index (χ3n) is 3.04. The summed E-state index contributed by atoms with van der Waals surface area (Å²) >= 11 is 5.86. The first kappa shape index (κ1) is 11.9. The van der Waals surface area contributed by atoms with Gasteiger partial charge in [-0.2, -0.15) is 0 Å². The van der Waals surface area contributed by atoms with E-state index in [1.807, 2.05) is 0 Å². The highest BCUT2D eigenvalue weighted by atomic mass is 35.5. The highest BCUT2D eigenvalue weighted by Gasteiger charge is 2.31. The molecular weight excluding hydrogens is 266 g/mol. The molecule has 1 aliphatic carbocycles. The summed E-state index contributed by atoms with van der Waals surface area (Å²) < 4.78 is 5.13. The maximum absolute atomic E-state index is 12.0. The molecule has 0 spiro atoms. The van der Waals surface area contributed by atoms with Crippen molar-refractivity contribution < 1.29 is 14.3 Å². The van der Waals surface area contributed by atoms with Gasteiger partial charge >= 0.3 is 0 Å². The second kappa shape index (κ2) is 4.17. The number of rotatable bonds is 1. The van der Waals surface area contributed by atoms with Crippen molar-refractivity contribution >= 4 is 23.2 Å². The van der Waals surface area contributed by atoms with Crippen LogP contribution in [0.15, 0.2) is 30.3 Å². The summed E-state index contributed by atoms with van der Waals surface area (Å²) in [6.07, 6.45) is 0. The van der Waals surface area contributed by atoms with Crippen molar-refractivity contribution in [3.8, 4) is 17.0 Å². The Morgan fingerprint density at radius 1 is 1.00 bits per heavy atom. The second-order valence-electron chi connectivity index (χ2n) is 4.10. The topological polar surface area (TPSA) is 56.3 Å². The summed E-state index contributed by atoms with van der Waals surface area (Å²) in [4.78, 5) is 28.1. The zero-order chi connectivity index (χ0) is 13.6. The summed E-state index contributed by atoms with van der Waals surface area (Å²) in [5.41, 5.74) is 1.59. The molecule has 1 heterocycles. The lowest BCUT2D eigenvalue weighted by molar-refractivity contribution is 0.0815. The Balaban J connectivity index is 2.35. The van der Waals surface area contributed by atoms with E-state index >= 15 is 0 Å². The van der Waals surface area contributed by atoms with Gasteiger partial charge in [-0.25, -0.2) is 4.98 Å². The van der Waals surface area contributed by atoms with Crippen LogP contribution in [0, 0.1) is 0 Å². The lowest BCUT2D eigenvalue weighted by Crippen LogP contribution is -2.22. The van der Waals surface area contributed by atoms with Gasteiger partial charge in [-0.1, -0.05) is 11.6 Å². The lowest BCUT2D eigenvalue weighted by Gasteiger charge is -2.17. The summed E-state index contributed by atoms with van der Waals surface area (Å²) in [6.45, 7) is 0. The number of hydrogen-bond donors (Lipinski definition) is 0. The van der Waals surface area contributed by atoms with Gasteiger partial charge in [0.15, 0.2) is 0 Å². The van der Waals surface area contributed by atoms with E-state index in [0.717, 1.165) is 0 Å². The van der Waals surface area contributed by atoms with Crippen molar-refractivity contribution in [1.29, 1.82) is 0 Å². The average molecular weight is 274 g/mol. The number of nitrogens with zero attached hydrogens (tertiary/aromatic N) is 1. The number of aromatic nitrogens is 1. The Kier molecular flexibility index (Phi) is 2.61. The number of carbonyl (C=O) groups excluding carboxylic acids is 2. The molecule has 0 unspecified atom stereocenters. The summed E-state index contributed by atoms with van der Waals surface area (Å²) in [6, 6.07) is 7.91. The van der Waals surface area contributed by atoms with E-state index in [1.165, 1.54) is 19.2 Å². The van der Waals surface area contributed by atoms with Gasteiger partial charge in [0.2, 0.25) is 11.6 Å². The van der Waals surface area contributed by atoms with E-state index in [2.05, 4.69) is 4.98 Å². The molecule has 1 aliphatic rings. The van der Waals surface area contributed by atoms with E-state index in [9.17, 15) is 9.59 Å². The molecule has 2 aromatic rings. The van der Waals surface area contributed by atoms with Crippen LogP contribution in [-0.4, -0.2) is 23.7 Å². The smallest absolute Gasteiger partial charge is 0.235 e. The number of halogens is 1. The van der Waals surface area contributed by atoms with Gasteiger partial charge in [0.25, 0.3) is 0 Å². The Hall–Kier alpha value is -2.20. The SMILES string of the molecule is COc1ccc2c(c1)-c1nc(Cl)ccc1C(=O)C2=O. The van der Waals surface area contributed by atoms with Crippen LogP contribution in [-0.2, 0) is 0 Å². The van der Waals surface area contributed by atoms with Crippen LogP contribution in [0.4, 0.5) is 0 Å². The van der Waals surface area contributed by atoms with Crippen LogP contribution in [0.1, 0.15) is 20.7 Å². The Bertz CT molecular complexity index is 725. The average Bonchev–Trinajstić information content (AvgIpc) is 2.44. The fourth-order valence-electron chi connectivity index (χ4n) is 2.11. The molecule has 94 valence electrons. The van der Waals surface area contributed by atoms with Crippen molar-refractivity contribution in [3.63, 3.8) is 0 Å². The van der Waals surface area contributed by atoms with Crippen molar-refractivity contribution in [2.24, 2.45) is 0 Å². The van der Waals surface area contributed by atoms with Crippen molar-refractivity contribution in [2.75, 3.05) is 7.11 Å². The number of methoxy groups -OCH3 is 1. The van der Waals surface area contributed by atoms with Crippen LogP contribution in [0.3, 0.4) is 0 Å². The molecular formula is C14H8ClNO3. The van der Waals surface area contributed by atoms with E-state index in [-0.39, 0.29) is 10.7 Å². The Labute approximate surface area is 114 Å². The van der Waals surface area contributed by atoms with E-state index in [4.69, 9.17) is 16.3 Å². The van der Waals surface area contributed by atoms with Gasteiger partial charge in [0, 0.05) is 11.1 Å². The first-order valence-corrected chi connectivity index (χ1v) is 5.93. The van der Waals surface area contributed by atoms with Crippen LogP contribution in [0.5, 0.6) is 5.75 Å². The third-order valence-corrected chi connectivity index (χ3v) is 3.25. The highest BCUT2D eigenvalue weighted by Crippen LogP contribution is 2.35. The van der Waals surface area contributed by atoms with Gasteiger partial charge in [-0.15, -0.1) is 0 Å². The van der Waals surface area contributed by atoms with E-state index < -0.39 is 11.6 Å². The number of benzene rings is 1. The normalized spacial score (nSPS) is 12.9. The molecule has 0 atom stereocenters. The predicted molar refractivity (Wildman–Crippen MR) is 69.9 cm³/mol. The first-order valence-electron chi connectivity index (χ1n) is 5.56. The molecule has 0 bridgehead atoms. The summed E-state index contributed by atoms with van der Waals surface area (Å²) in [5.74, 6) is -0.500. The van der Waals surface area contributed by atoms with Crippen molar-refractivity contribution in [1.82, 2.24) is 4.98 Å². The number of Topliss-reactive ketones (excluding diaryl/α,β-unsaturated/α-hetero) is 2. The molecule has 1 aromatic heterocycles. The predicted octanol–water partition coefficient (Wildman–Crippen LogP) is 2.79. The largest absolute Gasteiger partial charge is 0.497 e. The minimum Gasteiger partial charge on any atom is -0.497 e. The third kappa shape index (κ3) is 1.72. The quantitative estimate of drug-likeness (QED) is 0.592. The molecule has 5 heteroatoms. The Morgan fingerprint density at radius 2 is 1.68 bits per heavy atom. The van der Waals surface area contributed by atoms with Crippen molar-refractivity contribution in [3.05, 3.63) is 46.6 Å². The molecule has 0 fully saturated rings. The number of fused-ring (bicyclic) bond motifs is 3. The maximum atomic E-state index is 12.0. The molecule has 19 heavy (non-hydrogen) atoms. The molecule has 0 aliphatic heterocycles. The standard InChI is InChI=1S/C14H8ClNO3/c1-19-7-2-3-8-10(6-7)12-9(14(18)13(8)17)4-5-11(15)16-12/h2-6H,1H3. The van der Waals surface area contributed by atoms with Crippen LogP contribution < -0.4 is 4.74 Å². The van der Waals surface area contributed by atoms with Crippen LogP contribution in [0.2, 0.25) is 5.15 Å². The summed E-state index contributed by atoms with van der Waals surface area (Å²) in [5, 5.41) is 0.273. The highest BCUT2D eigenvalue weighted by molar-refractivity contribution is 6.52. The fourth-order valence-corrected chi connectivity index (χ4v) is 2.26. The number of carbonyl (C=O) groups is 2. The lowest BCUT2D eigenvalue weighted by atomic mass is 9.87. The van der Waals surface area contributed by atoms with Gasteiger partial charge in [0.1, 0.15) is 10.9 Å². The molecule has 0 amide bonds. The van der Waals surface area contributed by atoms with E-state index in [0.29, 0.717) is 22.6 Å². The zero-order valence-corrected chi connectivity index (χ0v) is 10.7. The second-order valence-corrected chi connectivity index (χ2v) is 4.49. The number of ketones is 2. The number of pyridine rings is 1. The van der Waals surface area contributed by atoms with Gasteiger partial charge in [-0.05, 0) is 30.3 Å². The number of hydrogen-bond acceptors (Lipinski definition) is 4. The van der Waals surface area contributed by atoms with Crippen LogP contribution in [0.25, 0.3) is 11.3 Å². The molecule has 3 rings (SSSR count). The minimum atomic E-state index is -0.558. The zero-order valence-electron chi connectivity index (χ0n) is 9.94. The minimum absolute atomic E-state index is 0.273. The van der Waals surface area contributed by atoms with Gasteiger partial charge < -0.3 is 4.74 Å². The summed E-state index contributed by atoms with van der Waals surface area (Å²) in [7, 11) is 1.53. The molecule has 0 saturated heterocycles. The van der Waals surface area contributed by atoms with Crippen LogP contribution >= 0.6 is 11.6 Å². The van der Waals surface area contributed by atoms with Gasteiger partial charge in [-0.3, -0.25) is 9.59 Å². The number of ether oxygens (including phenoxy) is 1. The molecule has 0 N–H and O–H groups in total. The van der Waals surface area contributed by atoms with Crippen molar-refractivity contribution in [2.45, 2.75) is 0 Å². The fraction of sp³-hybridized carbons (Fsp3) is 0.0714. The van der Waals surface area contributed by atoms with Gasteiger partial charge in [0.05, 0.1) is 18.4 Å². The maximum Gasteiger partial charge on any atom is 0.235 e. The molecule has 4 nitrogen and oxygen atoms in total.